The van der Waals surface area contributed by atoms with E-state index in [1.165, 1.54) is 22.7 Å². The number of nitrogen functional groups attached to an aromatic ring is 2. The molecule has 0 saturated carbocycles. The van der Waals surface area contributed by atoms with Crippen LogP contribution in [-0.4, -0.2) is 25.7 Å². The van der Waals surface area contributed by atoms with Crippen LogP contribution in [0.1, 0.15) is 16.2 Å². The summed E-state index contributed by atoms with van der Waals surface area (Å²) >= 11 is 2.51. The van der Waals surface area contributed by atoms with E-state index >= 15 is 0 Å². The summed E-state index contributed by atoms with van der Waals surface area (Å²) in [6.45, 7) is 0. The Bertz CT molecular complexity index is 1560. The van der Waals surface area contributed by atoms with Crippen molar-refractivity contribution in [2.24, 2.45) is 0 Å². The molecule has 0 aliphatic carbocycles. The first kappa shape index (κ1) is 21.9. The number of hydrogen-bond donors (Lipinski definition) is 2. The Morgan fingerprint density at radius 2 is 1.17 bits per heavy atom. The lowest BCUT2D eigenvalue weighted by Crippen LogP contribution is -2.10. The highest BCUT2D eigenvalue weighted by atomic mass is 32.1. The molecule has 0 aliphatic heterocycles. The van der Waals surface area contributed by atoms with Crippen molar-refractivity contribution in [2.75, 3.05) is 11.5 Å². The Labute approximate surface area is 212 Å². The van der Waals surface area contributed by atoms with Crippen molar-refractivity contribution < 1.29 is 13.6 Å². The standard InChI is InChI=1S/C25H16N6O3S2/c26-24-30-19(15-7-3-11-33-15)22(35-24)13-5-1-9-28-17(13)21(32)18-14(6-2-10-29-18)23-20(31-25(27)36-23)16-8-4-12-34-16/h1-12H,(H2,26,30)(H2,27,31). The molecule has 4 N–H and O–H groups in total. The highest BCUT2D eigenvalue weighted by molar-refractivity contribution is 7.19. The average molecular weight is 513 g/mol. The Balaban J connectivity index is 1.50. The van der Waals surface area contributed by atoms with Gasteiger partial charge < -0.3 is 20.3 Å². The summed E-state index contributed by atoms with van der Waals surface area (Å²) in [5, 5.41) is 0.695. The van der Waals surface area contributed by atoms with Crippen molar-refractivity contribution in [1.29, 1.82) is 0 Å². The van der Waals surface area contributed by atoms with Crippen molar-refractivity contribution in [3.05, 3.63) is 84.8 Å². The van der Waals surface area contributed by atoms with Crippen molar-refractivity contribution in [3.8, 4) is 43.8 Å². The van der Waals surface area contributed by atoms with Crippen LogP contribution in [0.2, 0.25) is 0 Å². The molecule has 0 fully saturated rings. The minimum Gasteiger partial charge on any atom is -0.463 e. The highest BCUT2D eigenvalue weighted by Crippen LogP contribution is 2.42. The Morgan fingerprint density at radius 3 is 1.58 bits per heavy atom. The Kier molecular flexibility index (Phi) is 5.40. The lowest BCUT2D eigenvalue weighted by atomic mass is 10.0. The monoisotopic (exact) mass is 512 g/mol. The minimum absolute atomic E-state index is 0.214. The summed E-state index contributed by atoms with van der Waals surface area (Å²) in [6, 6.07) is 14.2. The first-order chi connectivity index (χ1) is 17.6. The highest BCUT2D eigenvalue weighted by Gasteiger charge is 2.27. The van der Waals surface area contributed by atoms with Gasteiger partial charge >= 0.3 is 0 Å². The molecule has 0 atom stereocenters. The van der Waals surface area contributed by atoms with Crippen LogP contribution >= 0.6 is 22.7 Å². The minimum atomic E-state index is -0.365. The molecule has 0 spiro atoms. The molecule has 0 bridgehead atoms. The van der Waals surface area contributed by atoms with Gasteiger partial charge in [0.25, 0.3) is 0 Å². The molecule has 6 aromatic heterocycles. The predicted molar refractivity (Wildman–Crippen MR) is 138 cm³/mol. The molecule has 0 unspecified atom stereocenters. The SMILES string of the molecule is Nc1nc(-c2ccco2)c(-c2cccnc2C(=O)c2ncccc2-c2sc(N)nc2-c2ccco2)s1. The maximum Gasteiger partial charge on any atom is 0.230 e. The summed E-state index contributed by atoms with van der Waals surface area (Å²) in [7, 11) is 0. The van der Waals surface area contributed by atoms with E-state index < -0.39 is 0 Å². The zero-order chi connectivity index (χ0) is 24.6. The van der Waals surface area contributed by atoms with Crippen LogP contribution in [-0.2, 0) is 0 Å². The molecule has 0 amide bonds. The topological polar surface area (TPSA) is 147 Å². The van der Waals surface area contributed by atoms with Crippen LogP contribution in [0.15, 0.2) is 82.3 Å². The number of thiazole rings is 2. The third-order valence-corrected chi connectivity index (χ3v) is 7.17. The number of carbonyl (C=O) groups is 1. The zero-order valence-electron chi connectivity index (χ0n) is 18.4. The van der Waals surface area contributed by atoms with Gasteiger partial charge in [0.1, 0.15) is 22.8 Å². The predicted octanol–water partition coefficient (Wildman–Crippen LogP) is 5.64. The molecule has 6 aromatic rings. The van der Waals surface area contributed by atoms with Crippen LogP contribution in [0, 0.1) is 0 Å². The van der Waals surface area contributed by atoms with Crippen molar-refractivity contribution in [1.82, 2.24) is 19.9 Å². The molecular weight excluding hydrogens is 496 g/mol. The van der Waals surface area contributed by atoms with Gasteiger partial charge in [-0.05, 0) is 48.5 Å². The van der Waals surface area contributed by atoms with Gasteiger partial charge in [-0.2, -0.15) is 0 Å². The van der Waals surface area contributed by atoms with Gasteiger partial charge in [0.05, 0.1) is 22.3 Å². The van der Waals surface area contributed by atoms with E-state index in [2.05, 4.69) is 19.9 Å². The van der Waals surface area contributed by atoms with Crippen LogP contribution in [0.4, 0.5) is 10.3 Å². The van der Waals surface area contributed by atoms with E-state index in [1.807, 2.05) is 0 Å². The molecule has 0 aromatic carbocycles. The number of furan rings is 2. The second-order valence-corrected chi connectivity index (χ2v) is 9.60. The second-order valence-electron chi connectivity index (χ2n) is 7.54. The maximum atomic E-state index is 14.0. The number of anilines is 2. The van der Waals surface area contributed by atoms with E-state index in [9.17, 15) is 4.79 Å². The summed E-state index contributed by atoms with van der Waals surface area (Å²) in [5.74, 6) is 0.722. The largest absolute Gasteiger partial charge is 0.463 e. The van der Waals surface area contributed by atoms with Crippen LogP contribution in [0.5, 0.6) is 0 Å². The molecule has 0 saturated heterocycles. The molecule has 0 radical (unpaired) electrons. The summed E-state index contributed by atoms with van der Waals surface area (Å²) in [6.07, 6.45) is 6.24. The van der Waals surface area contributed by atoms with Gasteiger partial charge in [0.15, 0.2) is 21.8 Å². The van der Waals surface area contributed by atoms with Gasteiger partial charge in [0, 0.05) is 23.5 Å². The molecule has 6 rings (SSSR count). The van der Waals surface area contributed by atoms with Crippen LogP contribution < -0.4 is 11.5 Å². The number of carbonyl (C=O) groups excluding carboxylic acids is 1. The van der Waals surface area contributed by atoms with Crippen LogP contribution in [0.3, 0.4) is 0 Å². The average Bonchev–Trinajstić information content (AvgIpc) is 3.70. The van der Waals surface area contributed by atoms with Crippen molar-refractivity contribution >= 4 is 38.7 Å². The number of nitrogens with zero attached hydrogens (tertiary/aromatic N) is 4. The lowest BCUT2D eigenvalue weighted by Gasteiger charge is -2.10. The lowest BCUT2D eigenvalue weighted by molar-refractivity contribution is 0.103. The third-order valence-electron chi connectivity index (χ3n) is 5.33. The fraction of sp³-hybridized carbons (Fsp3) is 0. The van der Waals surface area contributed by atoms with Crippen molar-refractivity contribution in [3.63, 3.8) is 0 Å². The Morgan fingerprint density at radius 1 is 0.694 bits per heavy atom. The number of rotatable bonds is 6. The first-order valence-electron chi connectivity index (χ1n) is 10.7. The number of aromatic nitrogens is 4. The molecule has 176 valence electrons. The molecular formula is C25H16N6O3S2. The third kappa shape index (κ3) is 3.76. The molecule has 9 nitrogen and oxygen atoms in total. The molecule has 36 heavy (non-hydrogen) atoms. The molecule has 11 heteroatoms. The maximum absolute atomic E-state index is 14.0. The fourth-order valence-electron chi connectivity index (χ4n) is 3.85. The van der Waals surface area contributed by atoms with Gasteiger partial charge in [-0.1, -0.05) is 22.7 Å². The van der Waals surface area contributed by atoms with Gasteiger partial charge in [-0.15, -0.1) is 0 Å². The van der Waals surface area contributed by atoms with Gasteiger partial charge in [-0.3, -0.25) is 14.8 Å². The molecule has 0 aliphatic rings. The smallest absolute Gasteiger partial charge is 0.230 e. The number of hydrogen-bond acceptors (Lipinski definition) is 11. The van der Waals surface area contributed by atoms with E-state index in [-0.39, 0.29) is 17.2 Å². The summed E-state index contributed by atoms with van der Waals surface area (Å²) in [4.78, 5) is 33.1. The summed E-state index contributed by atoms with van der Waals surface area (Å²) in [5.41, 5.74) is 14.8. The number of nitrogens with two attached hydrogens (primary N) is 2. The first-order valence-corrected chi connectivity index (χ1v) is 12.3. The van der Waals surface area contributed by atoms with E-state index in [1.54, 1.807) is 73.5 Å². The fourth-order valence-corrected chi connectivity index (χ4v) is 5.58. The number of pyridine rings is 2. The van der Waals surface area contributed by atoms with E-state index in [4.69, 9.17) is 20.3 Å². The van der Waals surface area contributed by atoms with Crippen molar-refractivity contribution in [2.45, 2.75) is 0 Å². The second kappa shape index (κ2) is 8.87. The summed E-state index contributed by atoms with van der Waals surface area (Å²) < 4.78 is 11.1. The normalized spacial score (nSPS) is 11.1. The molecule has 6 heterocycles. The quantitative estimate of drug-likeness (QED) is 0.271. The van der Waals surface area contributed by atoms with E-state index in [0.29, 0.717) is 54.1 Å². The Hall–Kier alpha value is -4.61. The zero-order valence-corrected chi connectivity index (χ0v) is 20.0. The van der Waals surface area contributed by atoms with Gasteiger partial charge in [-0.25, -0.2) is 9.97 Å². The van der Waals surface area contributed by atoms with Crippen LogP contribution in [0.25, 0.3) is 43.8 Å². The van der Waals surface area contributed by atoms with E-state index in [0.717, 1.165) is 0 Å². The van der Waals surface area contributed by atoms with Gasteiger partial charge in [0.2, 0.25) is 5.78 Å². The number of ketones is 1.